The minimum Gasteiger partial charge on any atom is -0.330 e. The van der Waals surface area contributed by atoms with Crippen LogP contribution in [0.2, 0.25) is 0 Å². The quantitative estimate of drug-likeness (QED) is 0.407. The largest absolute Gasteiger partial charge is 0.330 e. The Kier molecular flexibility index (Phi) is 1.92. The van der Waals surface area contributed by atoms with Gasteiger partial charge in [-0.25, -0.2) is 0 Å². The van der Waals surface area contributed by atoms with Crippen LogP contribution < -0.4 is 5.50 Å². The zero-order chi connectivity index (χ0) is 3.58. The Morgan fingerprint density at radius 1 is 2.00 bits per heavy atom. The van der Waals surface area contributed by atoms with E-state index in [1.54, 1.807) is 0 Å². The maximum Gasteiger partial charge on any atom is 0.124 e. The zero-order valence-corrected chi connectivity index (χ0v) is 3.59. The summed E-state index contributed by atoms with van der Waals surface area (Å²) < 4.78 is 0. The first-order valence-electron chi connectivity index (χ1n) is 0.641. The van der Waals surface area contributed by atoms with Crippen LogP contribution in [0.3, 0.4) is 0 Å². The molecule has 25 valence electrons. The van der Waals surface area contributed by atoms with Gasteiger partial charge in [0.15, 0.2) is 0 Å². The fourth-order valence-corrected chi connectivity index (χ4v) is 0. The number of hydrogen-bond donors (Lipinski definition) is 2. The maximum absolute atomic E-state index is 7.71. The second-order valence-corrected chi connectivity index (χ2v) is 2.03. The molecule has 1 unspecified atom stereocenters. The molecule has 0 heterocycles. The molecule has 1 atom stereocenters. The van der Waals surface area contributed by atoms with E-state index in [0.29, 0.717) is 0 Å². The van der Waals surface area contributed by atoms with Crippen LogP contribution in [0.25, 0.3) is 0 Å². The van der Waals surface area contributed by atoms with Gasteiger partial charge in [0.2, 0.25) is 0 Å². The van der Waals surface area contributed by atoms with Crippen LogP contribution in [-0.2, 0) is 11.8 Å². The van der Waals surface area contributed by atoms with Crippen LogP contribution in [0.15, 0.2) is 0 Å². The SMILES string of the molecule is N[P](O)=S. The summed E-state index contributed by atoms with van der Waals surface area (Å²) >= 11 is 4.02. The van der Waals surface area contributed by atoms with Crippen LogP contribution in [-0.4, -0.2) is 4.89 Å². The first-order valence-corrected chi connectivity index (χ1v) is 3.02. The Labute approximate surface area is 30.2 Å². The van der Waals surface area contributed by atoms with Crippen molar-refractivity contribution in [3.05, 3.63) is 0 Å². The Hall–Kier alpha value is 0.440. The van der Waals surface area contributed by atoms with Crippen LogP contribution in [0.5, 0.6) is 0 Å². The summed E-state index contributed by atoms with van der Waals surface area (Å²) in [6.45, 7) is 0. The average molecular weight is 96.1 g/mol. The van der Waals surface area contributed by atoms with Gasteiger partial charge >= 0.3 is 0 Å². The Balaban J connectivity index is 2.80. The van der Waals surface area contributed by atoms with Gasteiger partial charge < -0.3 is 4.89 Å². The molecule has 4 heavy (non-hydrogen) atoms. The summed E-state index contributed by atoms with van der Waals surface area (Å²) in [6, 6.07) is 0. The predicted octanol–water partition coefficient (Wildman–Crippen LogP) is -0.289. The molecule has 0 aromatic carbocycles. The lowest BCUT2D eigenvalue weighted by molar-refractivity contribution is 0.645. The van der Waals surface area contributed by atoms with Gasteiger partial charge in [-0.1, -0.05) is 0 Å². The van der Waals surface area contributed by atoms with Gasteiger partial charge in [-0.15, -0.1) is 0 Å². The van der Waals surface area contributed by atoms with Crippen LogP contribution in [0.1, 0.15) is 0 Å². The molecular weight excluding hydrogens is 93.0 g/mol. The van der Waals surface area contributed by atoms with E-state index in [-0.39, 0.29) is 0 Å². The highest BCUT2D eigenvalue weighted by atomic mass is 32.4. The molecule has 0 spiro atoms. The molecule has 0 rings (SSSR count). The highest BCUT2D eigenvalue weighted by Crippen LogP contribution is 1.92. The molecule has 0 fully saturated rings. The monoisotopic (exact) mass is 96.0 g/mol. The van der Waals surface area contributed by atoms with Crippen molar-refractivity contribution >= 4 is 18.9 Å². The molecule has 0 saturated carbocycles. The number of rotatable bonds is 0. The molecule has 4 heteroatoms. The highest BCUT2D eigenvalue weighted by Gasteiger charge is 1.54. The molecule has 0 saturated heterocycles. The van der Waals surface area contributed by atoms with Crippen molar-refractivity contribution in [2.75, 3.05) is 0 Å². The molecule has 0 amide bonds. The summed E-state index contributed by atoms with van der Waals surface area (Å²) in [4.78, 5) is 7.71. The van der Waals surface area contributed by atoms with Gasteiger partial charge in [0, 0.05) is 0 Å². The van der Waals surface area contributed by atoms with E-state index in [2.05, 4.69) is 17.3 Å². The van der Waals surface area contributed by atoms with E-state index in [9.17, 15) is 0 Å². The van der Waals surface area contributed by atoms with Gasteiger partial charge in [0.25, 0.3) is 0 Å². The van der Waals surface area contributed by atoms with Crippen LogP contribution in [0.4, 0.5) is 0 Å². The molecule has 0 aliphatic rings. The molecular formula is H3NOPS. The first-order chi connectivity index (χ1) is 1.73. The lowest BCUT2D eigenvalue weighted by atomic mass is 13.9. The Morgan fingerprint density at radius 3 is 2.00 bits per heavy atom. The number of nitrogens with two attached hydrogens (primary N) is 1. The topological polar surface area (TPSA) is 46.2 Å². The van der Waals surface area contributed by atoms with Crippen molar-refractivity contribution in [3.63, 3.8) is 0 Å². The summed E-state index contributed by atoms with van der Waals surface area (Å²) in [6.07, 6.45) is 0. The molecule has 0 aromatic rings. The van der Waals surface area contributed by atoms with E-state index in [0.717, 1.165) is 0 Å². The fourth-order valence-electron chi connectivity index (χ4n) is 0. The second kappa shape index (κ2) is 1.73. The lowest BCUT2D eigenvalue weighted by Crippen LogP contribution is -1.68. The lowest BCUT2D eigenvalue weighted by Gasteiger charge is -1.65. The predicted molar refractivity (Wildman–Crippen MR) is 20.7 cm³/mol. The van der Waals surface area contributed by atoms with E-state index in [1.807, 2.05) is 0 Å². The third kappa shape index (κ3) is 26.1. The second-order valence-electron chi connectivity index (χ2n) is 0.303. The molecule has 0 bridgehead atoms. The Morgan fingerprint density at radius 2 is 2.00 bits per heavy atom. The standard InChI is InChI=1S/H3NOPS/c1-3(2)4/h(H3,1,2,4). The van der Waals surface area contributed by atoms with E-state index in [4.69, 9.17) is 4.89 Å². The van der Waals surface area contributed by atoms with Crippen molar-refractivity contribution in [2.45, 2.75) is 0 Å². The van der Waals surface area contributed by atoms with Crippen molar-refractivity contribution in [1.29, 1.82) is 0 Å². The van der Waals surface area contributed by atoms with Crippen molar-refractivity contribution in [2.24, 2.45) is 5.50 Å². The van der Waals surface area contributed by atoms with Gasteiger partial charge in [0.05, 0.1) is 0 Å². The van der Waals surface area contributed by atoms with Gasteiger partial charge in [-0.3, -0.25) is 5.50 Å². The average Bonchev–Trinajstić information content (AvgIpc) is 0.811. The molecule has 2 nitrogen and oxygen atoms in total. The molecule has 0 aliphatic heterocycles. The summed E-state index contributed by atoms with van der Waals surface area (Å²) in [5, 5.41) is 0. The third-order valence-corrected chi connectivity index (χ3v) is 0. The van der Waals surface area contributed by atoms with Crippen LogP contribution >= 0.6 is 7.07 Å². The molecule has 3 N–H and O–H groups in total. The Bertz CT molecular complexity index is 31.0. The van der Waals surface area contributed by atoms with Crippen molar-refractivity contribution in [1.82, 2.24) is 0 Å². The van der Waals surface area contributed by atoms with E-state index >= 15 is 0 Å². The van der Waals surface area contributed by atoms with E-state index in [1.165, 1.54) is 0 Å². The van der Waals surface area contributed by atoms with Gasteiger partial charge in [-0.05, 0) is 11.8 Å². The van der Waals surface area contributed by atoms with Crippen molar-refractivity contribution in [3.8, 4) is 0 Å². The maximum atomic E-state index is 7.71. The molecule has 0 aliphatic carbocycles. The number of hydrogen-bond acceptors (Lipinski definition) is 1. The first kappa shape index (κ1) is 4.44. The highest BCUT2D eigenvalue weighted by molar-refractivity contribution is 8.01. The van der Waals surface area contributed by atoms with Crippen molar-refractivity contribution < 1.29 is 4.89 Å². The van der Waals surface area contributed by atoms with Gasteiger partial charge in [0.1, 0.15) is 7.07 Å². The zero-order valence-electron chi connectivity index (χ0n) is 1.88. The summed E-state index contributed by atoms with van der Waals surface area (Å²) in [7, 11) is -1.54. The minimum atomic E-state index is -1.54. The summed E-state index contributed by atoms with van der Waals surface area (Å²) in [5.41, 5.74) is 4.55. The van der Waals surface area contributed by atoms with E-state index < -0.39 is 7.07 Å². The molecule has 1 radical (unpaired) electrons. The molecule has 0 aromatic heterocycles. The smallest absolute Gasteiger partial charge is 0.124 e. The van der Waals surface area contributed by atoms with Gasteiger partial charge in [-0.2, -0.15) is 0 Å². The fraction of sp³-hybridized carbons (Fsp3) is 0. The minimum absolute atomic E-state index is 1.54. The third-order valence-electron chi connectivity index (χ3n) is 0. The van der Waals surface area contributed by atoms with Crippen LogP contribution in [0, 0.1) is 0 Å². The summed E-state index contributed by atoms with van der Waals surface area (Å²) in [5.74, 6) is 0. The normalized spacial score (nSPS) is 11.0.